The van der Waals surface area contributed by atoms with Crippen LogP contribution in [0, 0.1) is 5.92 Å². The number of hydrogen-bond acceptors (Lipinski definition) is 4. The first-order valence-electron chi connectivity index (χ1n) is 10.4. The normalized spacial score (nSPS) is 15.2. The molecule has 0 unspecified atom stereocenters. The Bertz CT molecular complexity index is 932. The zero-order chi connectivity index (χ0) is 21.6. The highest BCUT2D eigenvalue weighted by atomic mass is 32.2. The molecule has 1 aliphatic heterocycles. The number of sulfonamides is 1. The molecule has 1 fully saturated rings. The van der Waals surface area contributed by atoms with Gasteiger partial charge in [-0.2, -0.15) is 0 Å². The Hall–Kier alpha value is -2.38. The lowest BCUT2D eigenvalue weighted by Gasteiger charge is -2.32. The van der Waals surface area contributed by atoms with E-state index in [2.05, 4.69) is 16.9 Å². The number of carbonyl (C=O) groups excluding carboxylic acids is 1. The summed E-state index contributed by atoms with van der Waals surface area (Å²) in [7, 11) is -1.83. The first kappa shape index (κ1) is 22.3. The first-order chi connectivity index (χ1) is 14.4. The molecule has 1 N–H and O–H groups in total. The van der Waals surface area contributed by atoms with Gasteiger partial charge in [-0.05, 0) is 73.6 Å². The lowest BCUT2D eigenvalue weighted by molar-refractivity contribution is 0.0687. The van der Waals surface area contributed by atoms with Gasteiger partial charge >= 0.3 is 0 Å². The zero-order valence-corrected chi connectivity index (χ0v) is 18.5. The number of methoxy groups -OCH3 is 1. The Balaban J connectivity index is 1.50. The number of benzene rings is 2. The maximum absolute atomic E-state index is 12.8. The average molecular weight is 431 g/mol. The van der Waals surface area contributed by atoms with Gasteiger partial charge in [0.1, 0.15) is 5.75 Å². The Morgan fingerprint density at radius 2 is 1.70 bits per heavy atom. The fraction of sp³-hybridized carbons (Fsp3) is 0.435. The van der Waals surface area contributed by atoms with Crippen molar-refractivity contribution in [2.24, 2.45) is 5.92 Å². The molecule has 0 bridgehead atoms. The molecule has 7 heteroatoms. The number of aryl methyl sites for hydroxylation is 1. The molecule has 1 amide bonds. The van der Waals surface area contributed by atoms with Gasteiger partial charge in [-0.25, -0.2) is 13.1 Å². The number of hydrogen-bond donors (Lipinski definition) is 1. The Morgan fingerprint density at radius 3 is 2.27 bits per heavy atom. The van der Waals surface area contributed by atoms with Crippen LogP contribution < -0.4 is 9.46 Å². The highest BCUT2D eigenvalue weighted by Gasteiger charge is 2.24. The highest BCUT2D eigenvalue weighted by molar-refractivity contribution is 7.89. The summed E-state index contributed by atoms with van der Waals surface area (Å²) in [5.74, 6) is 1.46. The van der Waals surface area contributed by atoms with Gasteiger partial charge in [0.15, 0.2) is 0 Å². The van der Waals surface area contributed by atoms with Crippen molar-refractivity contribution in [2.45, 2.75) is 37.5 Å². The van der Waals surface area contributed by atoms with E-state index >= 15 is 0 Å². The molecule has 0 saturated carbocycles. The van der Waals surface area contributed by atoms with E-state index in [4.69, 9.17) is 4.74 Å². The van der Waals surface area contributed by atoms with Gasteiger partial charge in [0, 0.05) is 25.2 Å². The van der Waals surface area contributed by atoms with Crippen LogP contribution in [-0.2, 0) is 16.4 Å². The molecule has 162 valence electrons. The largest absolute Gasteiger partial charge is 0.497 e. The van der Waals surface area contributed by atoms with E-state index in [1.165, 1.54) is 17.7 Å². The van der Waals surface area contributed by atoms with Crippen LogP contribution in [0.1, 0.15) is 42.1 Å². The third kappa shape index (κ3) is 5.61. The molecule has 1 saturated heterocycles. The molecular formula is C23H30N2O4S. The minimum atomic E-state index is -3.50. The van der Waals surface area contributed by atoms with Crippen LogP contribution in [0.4, 0.5) is 0 Å². The Morgan fingerprint density at radius 1 is 1.07 bits per heavy atom. The molecule has 0 spiro atoms. The van der Waals surface area contributed by atoms with Crippen LogP contribution >= 0.6 is 0 Å². The number of ether oxygens (including phenoxy) is 1. The predicted molar refractivity (Wildman–Crippen MR) is 117 cm³/mol. The summed E-state index contributed by atoms with van der Waals surface area (Å²) in [6.45, 7) is 3.54. The van der Waals surface area contributed by atoms with Crippen LogP contribution in [-0.4, -0.2) is 46.0 Å². The molecule has 6 nitrogen and oxygen atoms in total. The zero-order valence-electron chi connectivity index (χ0n) is 17.6. The second-order valence-corrected chi connectivity index (χ2v) is 9.41. The average Bonchev–Trinajstić information content (AvgIpc) is 2.78. The molecule has 2 aromatic rings. The first-order valence-corrected chi connectivity index (χ1v) is 11.9. The van der Waals surface area contributed by atoms with E-state index < -0.39 is 10.0 Å². The summed E-state index contributed by atoms with van der Waals surface area (Å²) < 4.78 is 31.7. The van der Waals surface area contributed by atoms with Crippen LogP contribution in [0.2, 0.25) is 0 Å². The van der Waals surface area contributed by atoms with E-state index in [-0.39, 0.29) is 10.8 Å². The van der Waals surface area contributed by atoms with Crippen molar-refractivity contribution < 1.29 is 17.9 Å². The van der Waals surface area contributed by atoms with Crippen molar-refractivity contribution in [3.8, 4) is 5.75 Å². The smallest absolute Gasteiger partial charge is 0.253 e. The van der Waals surface area contributed by atoms with Crippen molar-refractivity contribution in [3.05, 3.63) is 59.7 Å². The fourth-order valence-electron chi connectivity index (χ4n) is 3.82. The van der Waals surface area contributed by atoms with Crippen LogP contribution in [0.25, 0.3) is 0 Å². The van der Waals surface area contributed by atoms with Crippen molar-refractivity contribution in [2.75, 3.05) is 26.7 Å². The van der Waals surface area contributed by atoms with Crippen molar-refractivity contribution in [1.82, 2.24) is 9.62 Å². The summed E-state index contributed by atoms with van der Waals surface area (Å²) in [6.07, 6.45) is 4.14. The van der Waals surface area contributed by atoms with Gasteiger partial charge in [-0.15, -0.1) is 0 Å². The van der Waals surface area contributed by atoms with E-state index in [1.807, 2.05) is 17.0 Å². The summed E-state index contributed by atoms with van der Waals surface area (Å²) in [5, 5.41) is 0. The van der Waals surface area contributed by atoms with Crippen molar-refractivity contribution in [1.29, 1.82) is 0 Å². The highest BCUT2D eigenvalue weighted by Crippen LogP contribution is 2.24. The summed E-state index contributed by atoms with van der Waals surface area (Å²) in [6, 6.07) is 14.4. The molecular weight excluding hydrogens is 400 g/mol. The van der Waals surface area contributed by atoms with Crippen molar-refractivity contribution in [3.63, 3.8) is 0 Å². The quantitative estimate of drug-likeness (QED) is 0.696. The summed E-state index contributed by atoms with van der Waals surface area (Å²) in [4.78, 5) is 14.8. The number of piperidine rings is 1. The standard InChI is InChI=1S/C23H30N2O4S/c1-3-24-30(27,28)22-12-8-20(9-13-22)23(26)25-16-14-19(15-17-25)5-4-18-6-10-21(29-2)11-7-18/h6-13,19,24H,3-5,14-17H2,1-2H3. The SMILES string of the molecule is CCNS(=O)(=O)c1ccc(C(=O)N2CCC(CCc3ccc(OC)cc3)CC2)cc1. The van der Waals surface area contributed by atoms with Crippen molar-refractivity contribution >= 4 is 15.9 Å². The Kier molecular flexibility index (Phi) is 7.50. The van der Waals surface area contributed by atoms with E-state index in [1.54, 1.807) is 26.2 Å². The number of carbonyl (C=O) groups is 1. The van der Waals surface area contributed by atoms with Gasteiger partial charge in [0.2, 0.25) is 10.0 Å². The third-order valence-electron chi connectivity index (χ3n) is 5.65. The van der Waals surface area contributed by atoms with Gasteiger partial charge in [0.25, 0.3) is 5.91 Å². The van der Waals surface area contributed by atoms with E-state index in [0.717, 1.165) is 44.5 Å². The summed E-state index contributed by atoms with van der Waals surface area (Å²) in [5.41, 5.74) is 1.84. The second-order valence-electron chi connectivity index (χ2n) is 7.65. The van der Waals surface area contributed by atoms with Gasteiger partial charge < -0.3 is 9.64 Å². The van der Waals surface area contributed by atoms with Crippen LogP contribution in [0.15, 0.2) is 53.4 Å². The topological polar surface area (TPSA) is 75.7 Å². The minimum absolute atomic E-state index is 0.0315. The van der Waals surface area contributed by atoms with E-state index in [9.17, 15) is 13.2 Å². The lowest BCUT2D eigenvalue weighted by Crippen LogP contribution is -2.38. The number of nitrogens with one attached hydrogen (secondary N) is 1. The second kappa shape index (κ2) is 10.1. The monoisotopic (exact) mass is 430 g/mol. The van der Waals surface area contributed by atoms with Crippen LogP contribution in [0.3, 0.4) is 0 Å². The molecule has 0 aliphatic carbocycles. The molecule has 3 rings (SSSR count). The maximum atomic E-state index is 12.8. The number of amides is 1. The van der Waals surface area contributed by atoms with Gasteiger partial charge in [0.05, 0.1) is 12.0 Å². The molecule has 0 radical (unpaired) electrons. The molecule has 1 heterocycles. The van der Waals surface area contributed by atoms with Gasteiger partial charge in [-0.3, -0.25) is 4.79 Å². The number of nitrogens with zero attached hydrogens (tertiary/aromatic N) is 1. The molecule has 30 heavy (non-hydrogen) atoms. The molecule has 2 aromatic carbocycles. The van der Waals surface area contributed by atoms with Crippen LogP contribution in [0.5, 0.6) is 5.75 Å². The number of likely N-dealkylation sites (tertiary alicyclic amines) is 1. The third-order valence-corrected chi connectivity index (χ3v) is 7.21. The number of rotatable bonds is 8. The Labute approximate surface area is 179 Å². The maximum Gasteiger partial charge on any atom is 0.253 e. The fourth-order valence-corrected chi connectivity index (χ4v) is 4.86. The van der Waals surface area contributed by atoms with E-state index in [0.29, 0.717) is 18.0 Å². The molecule has 0 aromatic heterocycles. The minimum Gasteiger partial charge on any atom is -0.497 e. The van der Waals surface area contributed by atoms with Gasteiger partial charge in [-0.1, -0.05) is 19.1 Å². The predicted octanol–water partition coefficient (Wildman–Crippen LogP) is 3.48. The summed E-state index contributed by atoms with van der Waals surface area (Å²) >= 11 is 0. The lowest BCUT2D eigenvalue weighted by atomic mass is 9.90. The molecule has 0 atom stereocenters. The molecule has 1 aliphatic rings.